The second-order valence-electron chi connectivity index (χ2n) is 4.10. The van der Waals surface area contributed by atoms with Crippen LogP contribution in [0.15, 0.2) is 53.6 Å². The first-order valence-corrected chi connectivity index (χ1v) is 5.93. The maximum Gasteiger partial charge on any atom is 0.335 e. The lowest BCUT2D eigenvalue weighted by molar-refractivity contribution is -0.384. The summed E-state index contributed by atoms with van der Waals surface area (Å²) in [5, 5.41) is 23.3. The molecule has 0 aliphatic heterocycles. The molecule has 21 heavy (non-hydrogen) atoms. The molecule has 2 N–H and O–H groups in total. The second-order valence-corrected chi connectivity index (χ2v) is 4.10. The first kappa shape index (κ1) is 14.2. The number of carboxylic acid groups (broad SMARTS) is 1. The highest BCUT2D eigenvalue weighted by Crippen LogP contribution is 2.16. The van der Waals surface area contributed by atoms with Crippen molar-refractivity contribution >= 4 is 23.6 Å². The molecule has 2 aromatic carbocycles. The summed E-state index contributed by atoms with van der Waals surface area (Å²) in [5.74, 6) is -0.992. The molecule has 0 spiro atoms. The largest absolute Gasteiger partial charge is 0.478 e. The van der Waals surface area contributed by atoms with E-state index in [1.807, 2.05) is 0 Å². The lowest BCUT2D eigenvalue weighted by atomic mass is 10.1. The van der Waals surface area contributed by atoms with Crippen LogP contribution in [-0.2, 0) is 0 Å². The van der Waals surface area contributed by atoms with Crippen LogP contribution >= 0.6 is 0 Å². The van der Waals surface area contributed by atoms with E-state index in [9.17, 15) is 14.9 Å². The maximum atomic E-state index is 10.7. The maximum absolute atomic E-state index is 10.7. The van der Waals surface area contributed by atoms with Gasteiger partial charge in [0, 0.05) is 12.1 Å². The lowest BCUT2D eigenvalue weighted by Crippen LogP contribution is -1.96. The molecule has 0 aliphatic carbocycles. The molecule has 0 unspecified atom stereocenters. The van der Waals surface area contributed by atoms with Crippen LogP contribution in [0.5, 0.6) is 0 Å². The van der Waals surface area contributed by atoms with Gasteiger partial charge < -0.3 is 5.11 Å². The van der Waals surface area contributed by atoms with Crippen LogP contribution in [0.4, 0.5) is 11.4 Å². The van der Waals surface area contributed by atoms with Gasteiger partial charge in [-0.3, -0.25) is 15.5 Å². The molecule has 0 saturated heterocycles. The molecule has 0 bridgehead atoms. The fourth-order valence-electron chi connectivity index (χ4n) is 1.58. The molecule has 7 heteroatoms. The first-order chi connectivity index (χ1) is 10.1. The van der Waals surface area contributed by atoms with Gasteiger partial charge in [0.2, 0.25) is 0 Å². The van der Waals surface area contributed by atoms with Crippen molar-refractivity contribution in [1.82, 2.24) is 0 Å². The summed E-state index contributed by atoms with van der Waals surface area (Å²) in [6, 6.07) is 12.1. The van der Waals surface area contributed by atoms with Crippen LogP contribution in [0.2, 0.25) is 0 Å². The van der Waals surface area contributed by atoms with Crippen molar-refractivity contribution in [2.24, 2.45) is 5.10 Å². The van der Waals surface area contributed by atoms with E-state index in [0.29, 0.717) is 11.3 Å². The Labute approximate surface area is 119 Å². The van der Waals surface area contributed by atoms with E-state index in [1.54, 1.807) is 24.3 Å². The van der Waals surface area contributed by atoms with E-state index < -0.39 is 10.9 Å². The van der Waals surface area contributed by atoms with Gasteiger partial charge in [-0.25, -0.2) is 4.79 Å². The number of aromatic carboxylic acids is 1. The molecule has 0 saturated carbocycles. The molecule has 7 nitrogen and oxygen atoms in total. The summed E-state index contributed by atoms with van der Waals surface area (Å²) in [6.07, 6.45) is 1.49. The number of carbonyl (C=O) groups is 1. The number of nitro benzene ring substituents is 1. The molecule has 0 fully saturated rings. The van der Waals surface area contributed by atoms with Gasteiger partial charge in [0.25, 0.3) is 5.69 Å². The Kier molecular flexibility index (Phi) is 4.25. The Morgan fingerprint density at radius 1 is 1.24 bits per heavy atom. The van der Waals surface area contributed by atoms with Crippen LogP contribution in [0.1, 0.15) is 15.9 Å². The lowest BCUT2D eigenvalue weighted by Gasteiger charge is -2.00. The third-order valence-electron chi connectivity index (χ3n) is 2.62. The average Bonchev–Trinajstić information content (AvgIpc) is 2.48. The van der Waals surface area contributed by atoms with Gasteiger partial charge in [-0.15, -0.1) is 0 Å². The number of rotatable bonds is 5. The molecule has 0 radical (unpaired) electrons. The molecule has 2 aromatic rings. The van der Waals surface area contributed by atoms with Crippen LogP contribution < -0.4 is 5.43 Å². The standard InChI is InChI=1S/C14H11N3O4/c18-14(19)11-6-4-10(5-7-11)9-15-16-12-2-1-3-13(8-12)17(20)21/h1-9,16H,(H,18,19)/b15-9+. The normalized spacial score (nSPS) is 10.5. The van der Waals surface area contributed by atoms with E-state index in [0.717, 1.165) is 0 Å². The fraction of sp³-hybridized carbons (Fsp3) is 0. The highest BCUT2D eigenvalue weighted by Gasteiger charge is 2.04. The van der Waals surface area contributed by atoms with Crippen molar-refractivity contribution in [3.63, 3.8) is 0 Å². The van der Waals surface area contributed by atoms with Crippen molar-refractivity contribution in [2.75, 3.05) is 5.43 Å². The van der Waals surface area contributed by atoms with Crippen LogP contribution in [-0.4, -0.2) is 22.2 Å². The highest BCUT2D eigenvalue weighted by molar-refractivity contribution is 5.89. The van der Waals surface area contributed by atoms with Crippen LogP contribution in [0, 0.1) is 10.1 Å². The summed E-state index contributed by atoms with van der Waals surface area (Å²) in [7, 11) is 0. The minimum Gasteiger partial charge on any atom is -0.478 e. The Morgan fingerprint density at radius 2 is 1.95 bits per heavy atom. The third kappa shape index (κ3) is 3.87. The molecule has 106 valence electrons. The number of anilines is 1. The second kappa shape index (κ2) is 6.29. The molecular weight excluding hydrogens is 274 g/mol. The van der Waals surface area contributed by atoms with E-state index >= 15 is 0 Å². The Bertz CT molecular complexity index is 696. The minimum absolute atomic E-state index is 0.0268. The molecule has 0 amide bonds. The zero-order valence-corrected chi connectivity index (χ0v) is 10.8. The van der Waals surface area contributed by atoms with Crippen molar-refractivity contribution in [3.05, 3.63) is 69.8 Å². The van der Waals surface area contributed by atoms with Gasteiger partial charge >= 0.3 is 5.97 Å². The van der Waals surface area contributed by atoms with E-state index in [1.165, 1.54) is 30.5 Å². The number of nitrogens with zero attached hydrogens (tertiary/aromatic N) is 2. The summed E-state index contributed by atoms with van der Waals surface area (Å²) in [6.45, 7) is 0. The Hall–Kier alpha value is -3.22. The Balaban J connectivity index is 2.03. The molecule has 2 rings (SSSR count). The van der Waals surface area contributed by atoms with Gasteiger partial charge in [-0.05, 0) is 23.8 Å². The van der Waals surface area contributed by atoms with Crippen LogP contribution in [0.25, 0.3) is 0 Å². The van der Waals surface area contributed by atoms with E-state index in [2.05, 4.69) is 10.5 Å². The molecule has 0 heterocycles. The van der Waals surface area contributed by atoms with Gasteiger partial charge in [0.05, 0.1) is 22.4 Å². The zero-order valence-electron chi connectivity index (χ0n) is 10.8. The minimum atomic E-state index is -0.992. The summed E-state index contributed by atoms with van der Waals surface area (Å²) in [5.41, 5.74) is 4.04. The van der Waals surface area contributed by atoms with Gasteiger partial charge in [0.1, 0.15) is 0 Å². The average molecular weight is 285 g/mol. The SMILES string of the molecule is O=C(O)c1ccc(/C=N/Nc2cccc([N+](=O)[O-])c2)cc1. The predicted molar refractivity (Wildman–Crippen MR) is 77.7 cm³/mol. The zero-order chi connectivity index (χ0) is 15.2. The fourth-order valence-corrected chi connectivity index (χ4v) is 1.58. The summed E-state index contributed by atoms with van der Waals surface area (Å²) >= 11 is 0. The van der Waals surface area contributed by atoms with Crippen molar-refractivity contribution in [3.8, 4) is 0 Å². The van der Waals surface area contributed by atoms with Crippen molar-refractivity contribution in [1.29, 1.82) is 0 Å². The molecule has 0 aromatic heterocycles. The first-order valence-electron chi connectivity index (χ1n) is 5.93. The molecule has 0 atom stereocenters. The molecule has 0 aliphatic rings. The van der Waals surface area contributed by atoms with E-state index in [4.69, 9.17) is 5.11 Å². The highest BCUT2D eigenvalue weighted by atomic mass is 16.6. The predicted octanol–water partition coefficient (Wildman–Crippen LogP) is 2.74. The van der Waals surface area contributed by atoms with Gasteiger partial charge in [-0.2, -0.15) is 5.10 Å². The Morgan fingerprint density at radius 3 is 2.57 bits per heavy atom. The van der Waals surface area contributed by atoms with Gasteiger partial charge in [-0.1, -0.05) is 18.2 Å². The number of carboxylic acids is 1. The summed E-state index contributed by atoms with van der Waals surface area (Å²) in [4.78, 5) is 20.8. The van der Waals surface area contributed by atoms with Crippen molar-refractivity contribution in [2.45, 2.75) is 0 Å². The molecular formula is C14H11N3O4. The third-order valence-corrected chi connectivity index (χ3v) is 2.62. The van der Waals surface area contributed by atoms with E-state index in [-0.39, 0.29) is 11.3 Å². The number of nitrogens with one attached hydrogen (secondary N) is 1. The smallest absolute Gasteiger partial charge is 0.335 e. The monoisotopic (exact) mass is 285 g/mol. The number of benzene rings is 2. The topological polar surface area (TPSA) is 105 Å². The van der Waals surface area contributed by atoms with Crippen molar-refractivity contribution < 1.29 is 14.8 Å². The van der Waals surface area contributed by atoms with Gasteiger partial charge in [0.15, 0.2) is 0 Å². The number of hydrazone groups is 1. The number of hydrogen-bond acceptors (Lipinski definition) is 5. The number of non-ortho nitro benzene ring substituents is 1. The summed E-state index contributed by atoms with van der Waals surface area (Å²) < 4.78 is 0. The quantitative estimate of drug-likeness (QED) is 0.499. The number of nitro groups is 1. The number of hydrogen-bond donors (Lipinski definition) is 2. The van der Waals surface area contributed by atoms with Crippen LogP contribution in [0.3, 0.4) is 0 Å².